The summed E-state index contributed by atoms with van der Waals surface area (Å²) in [5, 5.41) is 29.6. The van der Waals surface area contributed by atoms with Gasteiger partial charge in [-0.15, -0.1) is 0 Å². The van der Waals surface area contributed by atoms with Crippen molar-refractivity contribution >= 4 is 40.1 Å². The third-order valence-corrected chi connectivity index (χ3v) is 7.40. The summed E-state index contributed by atoms with van der Waals surface area (Å²) >= 11 is 0. The fourth-order valence-electron chi connectivity index (χ4n) is 5.58. The monoisotopic (exact) mass is 517 g/mol. The number of carboxylic acid groups (broad SMARTS) is 1. The van der Waals surface area contributed by atoms with Crippen molar-refractivity contribution in [2.45, 2.75) is 52.5 Å². The summed E-state index contributed by atoms with van der Waals surface area (Å²) in [5.41, 5.74) is 4.09. The lowest BCUT2D eigenvalue weighted by Crippen LogP contribution is -2.47. The van der Waals surface area contributed by atoms with Crippen LogP contribution in [0.25, 0.3) is 10.8 Å². The number of carbonyl (C=O) groups excluding carboxylic acids is 2. The minimum atomic E-state index is -1.11. The number of carbonyl (C=O) groups is 3. The molecule has 1 saturated carbocycles. The maximum atomic E-state index is 13.5. The van der Waals surface area contributed by atoms with Crippen LogP contribution in [0.3, 0.4) is 0 Å². The van der Waals surface area contributed by atoms with Crippen LogP contribution >= 0.6 is 0 Å². The van der Waals surface area contributed by atoms with E-state index in [9.17, 15) is 24.6 Å². The summed E-state index contributed by atoms with van der Waals surface area (Å²) in [6.07, 6.45) is 2.85. The fraction of sp³-hybridized carbons (Fsp3) is 0.367. The highest BCUT2D eigenvalue weighted by atomic mass is 16.4. The summed E-state index contributed by atoms with van der Waals surface area (Å²) in [6, 6.07) is 13.2. The van der Waals surface area contributed by atoms with E-state index in [0.29, 0.717) is 18.5 Å². The topological polar surface area (TPSA) is 128 Å². The number of hydrogen-bond acceptors (Lipinski definition) is 4. The zero-order valence-corrected chi connectivity index (χ0v) is 22.0. The van der Waals surface area contributed by atoms with Gasteiger partial charge in [0.1, 0.15) is 6.04 Å². The van der Waals surface area contributed by atoms with E-state index in [2.05, 4.69) is 16.0 Å². The van der Waals surface area contributed by atoms with Crippen molar-refractivity contribution in [3.8, 4) is 0 Å². The molecule has 3 amide bonds. The Bertz CT molecular complexity index is 1350. The summed E-state index contributed by atoms with van der Waals surface area (Å²) in [4.78, 5) is 38.7. The molecule has 3 aromatic carbocycles. The molecule has 3 aromatic rings. The molecule has 1 unspecified atom stereocenters. The Morgan fingerprint density at radius 2 is 1.61 bits per heavy atom. The van der Waals surface area contributed by atoms with Crippen molar-refractivity contribution in [2.75, 3.05) is 17.2 Å². The number of aliphatic hydroxyl groups is 1. The minimum absolute atomic E-state index is 0.00453. The van der Waals surface area contributed by atoms with Crippen molar-refractivity contribution in [1.82, 2.24) is 5.32 Å². The first-order valence-corrected chi connectivity index (χ1v) is 13.0. The third-order valence-electron chi connectivity index (χ3n) is 7.40. The van der Waals surface area contributed by atoms with Crippen molar-refractivity contribution in [1.29, 1.82) is 0 Å². The zero-order valence-electron chi connectivity index (χ0n) is 22.0. The van der Waals surface area contributed by atoms with Crippen LogP contribution in [0.15, 0.2) is 48.5 Å². The molecule has 0 radical (unpaired) electrons. The van der Waals surface area contributed by atoms with Gasteiger partial charge in [0.25, 0.3) is 5.91 Å². The smallest absolute Gasteiger partial charge is 0.326 e. The normalized spacial score (nSPS) is 18.0. The van der Waals surface area contributed by atoms with E-state index in [-0.39, 0.29) is 29.7 Å². The Kier molecular flexibility index (Phi) is 8.32. The Morgan fingerprint density at radius 1 is 0.947 bits per heavy atom. The van der Waals surface area contributed by atoms with Crippen molar-refractivity contribution in [3.05, 3.63) is 70.8 Å². The van der Waals surface area contributed by atoms with Crippen LogP contribution in [-0.2, 0) is 4.79 Å². The summed E-state index contributed by atoms with van der Waals surface area (Å²) in [6.45, 7) is 5.84. The zero-order chi connectivity index (χ0) is 27.4. The number of amides is 3. The number of anilines is 2. The largest absolute Gasteiger partial charge is 0.480 e. The van der Waals surface area contributed by atoms with Gasteiger partial charge in [0, 0.05) is 12.3 Å². The van der Waals surface area contributed by atoms with E-state index in [1.54, 1.807) is 12.1 Å². The molecule has 1 aliphatic rings. The number of aliphatic carboxylic acids is 1. The van der Waals surface area contributed by atoms with Gasteiger partial charge in [-0.25, -0.2) is 9.59 Å². The SMILES string of the molecule is Cc1cc(C)c(NC(=O)Nc2cc3ccccc3cc2C(=O)N[C@H](C(=O)O)[C@H]2CCCC(CO)C2)c(C)c1. The van der Waals surface area contributed by atoms with Gasteiger partial charge in [-0.05, 0) is 85.9 Å². The maximum absolute atomic E-state index is 13.5. The lowest BCUT2D eigenvalue weighted by Gasteiger charge is -2.32. The van der Waals surface area contributed by atoms with Gasteiger partial charge < -0.3 is 26.2 Å². The number of urea groups is 1. The second-order valence-corrected chi connectivity index (χ2v) is 10.4. The Morgan fingerprint density at radius 3 is 2.24 bits per heavy atom. The molecule has 0 bridgehead atoms. The molecule has 4 rings (SSSR count). The second-order valence-electron chi connectivity index (χ2n) is 10.4. The highest BCUT2D eigenvalue weighted by Gasteiger charge is 2.34. The third kappa shape index (κ3) is 6.14. The van der Waals surface area contributed by atoms with Crippen molar-refractivity contribution in [3.63, 3.8) is 0 Å². The molecule has 0 heterocycles. The molecule has 1 fully saturated rings. The molecule has 200 valence electrons. The molecule has 0 aromatic heterocycles. The molecule has 3 atom stereocenters. The lowest BCUT2D eigenvalue weighted by molar-refractivity contribution is -0.141. The first kappa shape index (κ1) is 27.1. The number of carboxylic acids is 1. The van der Waals surface area contributed by atoms with Crippen LogP contribution in [0.5, 0.6) is 0 Å². The lowest BCUT2D eigenvalue weighted by atomic mass is 9.78. The number of hydrogen-bond donors (Lipinski definition) is 5. The number of aryl methyl sites for hydroxylation is 3. The average Bonchev–Trinajstić information content (AvgIpc) is 2.88. The van der Waals surface area contributed by atoms with E-state index in [1.807, 2.05) is 57.2 Å². The van der Waals surface area contributed by atoms with Gasteiger partial charge in [0.05, 0.1) is 11.3 Å². The number of benzene rings is 3. The molecule has 5 N–H and O–H groups in total. The molecule has 0 aliphatic heterocycles. The molecule has 0 saturated heterocycles. The van der Waals surface area contributed by atoms with E-state index in [0.717, 1.165) is 40.3 Å². The Balaban J connectivity index is 1.62. The predicted octanol–water partition coefficient (Wildman–Crippen LogP) is 5.39. The van der Waals surface area contributed by atoms with Crippen molar-refractivity contribution in [2.24, 2.45) is 11.8 Å². The quantitative estimate of drug-likeness (QED) is 0.287. The van der Waals surface area contributed by atoms with Gasteiger partial charge in [0.15, 0.2) is 0 Å². The molecule has 0 spiro atoms. The first-order chi connectivity index (χ1) is 18.2. The molecular formula is C30H35N3O5. The Hall–Kier alpha value is -3.91. The van der Waals surface area contributed by atoms with Gasteiger partial charge in [-0.1, -0.05) is 48.4 Å². The van der Waals surface area contributed by atoms with E-state index in [4.69, 9.17) is 0 Å². The highest BCUT2D eigenvalue weighted by Crippen LogP contribution is 2.32. The molecule has 8 nitrogen and oxygen atoms in total. The summed E-state index contributed by atoms with van der Waals surface area (Å²) in [5.74, 6) is -1.94. The molecule has 1 aliphatic carbocycles. The van der Waals surface area contributed by atoms with Gasteiger partial charge in [-0.2, -0.15) is 0 Å². The predicted molar refractivity (Wildman–Crippen MR) is 149 cm³/mol. The van der Waals surface area contributed by atoms with E-state index < -0.39 is 23.9 Å². The fourth-order valence-corrected chi connectivity index (χ4v) is 5.58. The van der Waals surface area contributed by atoms with Crippen LogP contribution < -0.4 is 16.0 Å². The number of fused-ring (bicyclic) bond motifs is 1. The Labute approximate surface area is 222 Å². The number of aliphatic hydroxyl groups excluding tert-OH is 1. The van der Waals surface area contributed by atoms with Crippen molar-refractivity contribution < 1.29 is 24.6 Å². The summed E-state index contributed by atoms with van der Waals surface area (Å²) < 4.78 is 0. The van der Waals surface area contributed by atoms with Crippen LogP contribution in [0.1, 0.15) is 52.7 Å². The molecular weight excluding hydrogens is 482 g/mol. The standard InChI is InChI=1S/C30H35N3O5/c1-17-11-18(2)26(19(3)12-17)33-30(38)31-25-15-22-9-5-4-8-21(22)14-24(25)28(35)32-27(29(36)37)23-10-6-7-20(13-23)16-34/h4-5,8-9,11-12,14-15,20,23,27,34H,6-7,10,13,16H2,1-3H3,(H,32,35)(H,36,37)(H2,31,33,38)/t20?,23-,27-/m0/s1. The van der Waals surface area contributed by atoms with Crippen LogP contribution in [-0.4, -0.2) is 40.8 Å². The van der Waals surface area contributed by atoms with Gasteiger partial charge in [-0.3, -0.25) is 4.79 Å². The van der Waals surface area contributed by atoms with Gasteiger partial charge >= 0.3 is 12.0 Å². The highest BCUT2D eigenvalue weighted by molar-refractivity contribution is 6.10. The molecule has 38 heavy (non-hydrogen) atoms. The van der Waals surface area contributed by atoms with Gasteiger partial charge in [0.2, 0.25) is 0 Å². The van der Waals surface area contributed by atoms with Crippen LogP contribution in [0, 0.1) is 32.6 Å². The van der Waals surface area contributed by atoms with E-state index >= 15 is 0 Å². The maximum Gasteiger partial charge on any atom is 0.326 e. The number of nitrogens with one attached hydrogen (secondary N) is 3. The second kappa shape index (κ2) is 11.6. The van der Waals surface area contributed by atoms with Crippen LogP contribution in [0.4, 0.5) is 16.2 Å². The van der Waals surface area contributed by atoms with E-state index in [1.165, 1.54) is 0 Å². The molecule has 8 heteroatoms. The number of rotatable bonds is 7. The first-order valence-electron chi connectivity index (χ1n) is 13.0. The summed E-state index contributed by atoms with van der Waals surface area (Å²) in [7, 11) is 0. The minimum Gasteiger partial charge on any atom is -0.480 e. The average molecular weight is 518 g/mol. The van der Waals surface area contributed by atoms with Crippen LogP contribution in [0.2, 0.25) is 0 Å².